The molecule has 124 valence electrons. The van der Waals surface area contributed by atoms with Gasteiger partial charge in [0.05, 0.1) is 13.2 Å². The van der Waals surface area contributed by atoms with Gasteiger partial charge < -0.3 is 14.8 Å². The molecule has 1 aliphatic rings. The van der Waals surface area contributed by atoms with Crippen molar-refractivity contribution in [3.05, 3.63) is 0 Å². The first-order chi connectivity index (χ1) is 9.72. The molecule has 0 amide bonds. The number of methoxy groups -OCH3 is 1. The van der Waals surface area contributed by atoms with Crippen LogP contribution in [0.2, 0.25) is 0 Å². The van der Waals surface area contributed by atoms with Gasteiger partial charge in [-0.2, -0.15) is 0 Å². The first-order valence-electron chi connectivity index (χ1n) is 8.17. The molecule has 4 heteroatoms. The summed E-state index contributed by atoms with van der Waals surface area (Å²) in [5.74, 6) is 0.491. The molecule has 0 aromatic heterocycles. The molecule has 21 heavy (non-hydrogen) atoms. The Hall–Kier alpha value is -0.610. The molecule has 4 nitrogen and oxygen atoms in total. The molecule has 1 fully saturated rings. The number of ether oxygens (including phenoxy) is 2. The molecule has 3 atom stereocenters. The van der Waals surface area contributed by atoms with Gasteiger partial charge >= 0.3 is 5.97 Å². The zero-order valence-corrected chi connectivity index (χ0v) is 14.6. The van der Waals surface area contributed by atoms with E-state index >= 15 is 0 Å². The Bertz CT molecular complexity index is 343. The van der Waals surface area contributed by atoms with Crippen molar-refractivity contribution < 1.29 is 14.3 Å². The summed E-state index contributed by atoms with van der Waals surface area (Å²) in [6.07, 6.45) is 4.45. The van der Waals surface area contributed by atoms with Crippen molar-refractivity contribution in [2.24, 2.45) is 11.3 Å². The number of likely N-dealkylation sites (N-methyl/N-ethyl adjacent to an activating group) is 1. The van der Waals surface area contributed by atoms with Crippen molar-refractivity contribution >= 4 is 5.97 Å². The number of esters is 1. The Morgan fingerprint density at radius 3 is 2.57 bits per heavy atom. The second-order valence-corrected chi connectivity index (χ2v) is 7.51. The van der Waals surface area contributed by atoms with Gasteiger partial charge in [-0.15, -0.1) is 0 Å². The average Bonchev–Trinajstić information content (AvgIpc) is 2.35. The standard InChI is InChI=1S/C17H33NO3/c1-7-18-17(5,15(19)20-6)8-9-21-14-10-13(2)11-16(3,4)12-14/h13-14,18H,7-12H2,1-6H3. The van der Waals surface area contributed by atoms with Crippen LogP contribution in [-0.2, 0) is 14.3 Å². The molecule has 0 aromatic carbocycles. The largest absolute Gasteiger partial charge is 0.468 e. The van der Waals surface area contributed by atoms with Crippen molar-refractivity contribution in [3.8, 4) is 0 Å². The average molecular weight is 299 g/mol. The third-order valence-electron chi connectivity index (χ3n) is 4.51. The molecule has 1 aliphatic carbocycles. The van der Waals surface area contributed by atoms with E-state index in [9.17, 15) is 4.79 Å². The van der Waals surface area contributed by atoms with Gasteiger partial charge in [0.2, 0.25) is 0 Å². The fraction of sp³-hybridized carbons (Fsp3) is 0.941. The van der Waals surface area contributed by atoms with E-state index in [0.29, 0.717) is 30.5 Å². The summed E-state index contributed by atoms with van der Waals surface area (Å²) in [4.78, 5) is 11.9. The SMILES string of the molecule is CCNC(C)(CCOC1CC(C)CC(C)(C)C1)C(=O)OC. The van der Waals surface area contributed by atoms with Gasteiger partial charge in [-0.1, -0.05) is 27.7 Å². The van der Waals surface area contributed by atoms with Crippen LogP contribution in [0.3, 0.4) is 0 Å². The minimum absolute atomic E-state index is 0.217. The molecule has 3 unspecified atom stereocenters. The predicted octanol–water partition coefficient (Wildman–Crippen LogP) is 3.15. The fourth-order valence-electron chi connectivity index (χ4n) is 3.69. The molecule has 1 saturated carbocycles. The minimum Gasteiger partial charge on any atom is -0.468 e. The molecular formula is C17H33NO3. The number of carbonyl (C=O) groups is 1. The molecular weight excluding hydrogens is 266 g/mol. The first-order valence-corrected chi connectivity index (χ1v) is 8.17. The second-order valence-electron chi connectivity index (χ2n) is 7.51. The molecule has 0 heterocycles. The molecule has 0 aromatic rings. The van der Waals surface area contributed by atoms with E-state index < -0.39 is 5.54 Å². The van der Waals surface area contributed by atoms with Gasteiger partial charge in [0, 0.05) is 6.61 Å². The van der Waals surface area contributed by atoms with Crippen molar-refractivity contribution in [1.82, 2.24) is 5.32 Å². The second kappa shape index (κ2) is 7.59. The zero-order valence-electron chi connectivity index (χ0n) is 14.6. The van der Waals surface area contributed by atoms with Gasteiger partial charge in [0.1, 0.15) is 5.54 Å². The molecule has 0 radical (unpaired) electrons. The molecule has 1 rings (SSSR count). The molecule has 0 aliphatic heterocycles. The van der Waals surface area contributed by atoms with Crippen LogP contribution in [0.15, 0.2) is 0 Å². The molecule has 0 spiro atoms. The smallest absolute Gasteiger partial charge is 0.325 e. The van der Waals surface area contributed by atoms with Gasteiger partial charge in [-0.25, -0.2) is 0 Å². The molecule has 1 N–H and O–H groups in total. The number of nitrogens with one attached hydrogen (secondary N) is 1. The summed E-state index contributed by atoms with van der Waals surface area (Å²) in [6.45, 7) is 12.1. The minimum atomic E-state index is -0.653. The molecule has 0 saturated heterocycles. The fourth-order valence-corrected chi connectivity index (χ4v) is 3.69. The van der Waals surface area contributed by atoms with Gasteiger partial charge in [0.25, 0.3) is 0 Å². The Morgan fingerprint density at radius 2 is 2.05 bits per heavy atom. The van der Waals surface area contributed by atoms with Crippen molar-refractivity contribution in [1.29, 1.82) is 0 Å². The molecule has 0 bridgehead atoms. The van der Waals surface area contributed by atoms with E-state index in [0.717, 1.165) is 19.4 Å². The zero-order chi connectivity index (χ0) is 16.1. The Labute approximate surface area is 130 Å². The van der Waals surface area contributed by atoms with Crippen LogP contribution in [0.4, 0.5) is 0 Å². The third kappa shape index (κ3) is 5.59. The summed E-state index contributed by atoms with van der Waals surface area (Å²) in [5, 5.41) is 3.22. The Kier molecular flexibility index (Phi) is 6.67. The third-order valence-corrected chi connectivity index (χ3v) is 4.51. The van der Waals surface area contributed by atoms with E-state index in [2.05, 4.69) is 26.1 Å². The summed E-state index contributed by atoms with van der Waals surface area (Å²) in [5.41, 5.74) is -0.297. The predicted molar refractivity (Wildman–Crippen MR) is 85.3 cm³/mol. The van der Waals surface area contributed by atoms with Crippen LogP contribution in [-0.4, -0.2) is 37.9 Å². The lowest BCUT2D eigenvalue weighted by atomic mass is 9.71. The van der Waals surface area contributed by atoms with Crippen molar-refractivity contribution in [2.75, 3.05) is 20.3 Å². The summed E-state index contributed by atoms with van der Waals surface area (Å²) < 4.78 is 11.0. The summed E-state index contributed by atoms with van der Waals surface area (Å²) >= 11 is 0. The normalized spacial score (nSPS) is 27.9. The number of rotatable bonds is 7. The highest BCUT2D eigenvalue weighted by molar-refractivity contribution is 5.80. The lowest BCUT2D eigenvalue weighted by molar-refractivity contribution is -0.149. The van der Waals surface area contributed by atoms with Gasteiger partial charge in [-0.3, -0.25) is 4.79 Å². The highest BCUT2D eigenvalue weighted by Gasteiger charge is 2.35. The number of carbonyl (C=O) groups excluding carboxylic acids is 1. The van der Waals surface area contributed by atoms with Crippen LogP contribution >= 0.6 is 0 Å². The highest BCUT2D eigenvalue weighted by atomic mass is 16.5. The maximum Gasteiger partial charge on any atom is 0.325 e. The van der Waals surface area contributed by atoms with Crippen molar-refractivity contribution in [2.45, 2.75) is 71.9 Å². The lowest BCUT2D eigenvalue weighted by Gasteiger charge is -2.39. The van der Waals surface area contributed by atoms with Crippen LogP contribution in [0.1, 0.15) is 60.3 Å². The maximum absolute atomic E-state index is 11.9. The highest BCUT2D eigenvalue weighted by Crippen LogP contribution is 2.39. The number of hydrogen-bond donors (Lipinski definition) is 1. The van der Waals surface area contributed by atoms with Gasteiger partial charge in [-0.05, 0) is 50.5 Å². The Morgan fingerprint density at radius 1 is 1.38 bits per heavy atom. The van der Waals surface area contributed by atoms with E-state index in [4.69, 9.17) is 9.47 Å². The maximum atomic E-state index is 11.9. The van der Waals surface area contributed by atoms with Gasteiger partial charge in [0.15, 0.2) is 0 Å². The first kappa shape index (κ1) is 18.4. The lowest BCUT2D eigenvalue weighted by Crippen LogP contribution is -2.51. The van der Waals surface area contributed by atoms with Crippen LogP contribution < -0.4 is 5.32 Å². The van der Waals surface area contributed by atoms with Crippen molar-refractivity contribution in [3.63, 3.8) is 0 Å². The van der Waals surface area contributed by atoms with E-state index in [1.807, 2.05) is 13.8 Å². The van der Waals surface area contributed by atoms with Crippen LogP contribution in [0.5, 0.6) is 0 Å². The summed E-state index contributed by atoms with van der Waals surface area (Å²) in [6, 6.07) is 0. The Balaban J connectivity index is 2.48. The summed E-state index contributed by atoms with van der Waals surface area (Å²) in [7, 11) is 1.43. The quantitative estimate of drug-likeness (QED) is 0.734. The van der Waals surface area contributed by atoms with Crippen LogP contribution in [0.25, 0.3) is 0 Å². The van der Waals surface area contributed by atoms with E-state index in [1.54, 1.807) is 0 Å². The monoisotopic (exact) mass is 299 g/mol. The number of hydrogen-bond acceptors (Lipinski definition) is 4. The van der Waals surface area contributed by atoms with E-state index in [1.165, 1.54) is 13.5 Å². The van der Waals surface area contributed by atoms with E-state index in [-0.39, 0.29) is 5.97 Å². The topological polar surface area (TPSA) is 47.6 Å². The van der Waals surface area contributed by atoms with Crippen LogP contribution in [0, 0.1) is 11.3 Å².